The lowest BCUT2D eigenvalue weighted by atomic mass is 9.87. The topological polar surface area (TPSA) is 44.8 Å². The molecule has 4 nitrogen and oxygen atoms in total. The van der Waals surface area contributed by atoms with Gasteiger partial charge in [-0.15, -0.1) is 0 Å². The highest BCUT2D eigenvalue weighted by molar-refractivity contribution is 5.56. The van der Waals surface area contributed by atoms with Gasteiger partial charge in [-0.1, -0.05) is 0 Å². The lowest BCUT2D eigenvalue weighted by Crippen LogP contribution is -2.30. The van der Waals surface area contributed by atoms with Crippen molar-refractivity contribution in [3.8, 4) is 0 Å². The fourth-order valence-corrected chi connectivity index (χ4v) is 2.78. The second-order valence-electron chi connectivity index (χ2n) is 4.35. The van der Waals surface area contributed by atoms with Crippen molar-refractivity contribution in [1.29, 1.82) is 0 Å². The number of carbonyl (C=O) groups excluding carboxylic acids is 1. The van der Waals surface area contributed by atoms with Gasteiger partial charge in [0.1, 0.15) is 13.1 Å². The van der Waals surface area contributed by atoms with Crippen molar-refractivity contribution in [2.24, 2.45) is 17.8 Å². The van der Waals surface area contributed by atoms with Crippen LogP contribution in [0.3, 0.4) is 0 Å². The van der Waals surface area contributed by atoms with Gasteiger partial charge in [0.15, 0.2) is 0 Å². The van der Waals surface area contributed by atoms with Gasteiger partial charge in [-0.05, 0) is 24.7 Å². The van der Waals surface area contributed by atoms with Crippen LogP contribution in [0, 0.1) is 17.8 Å². The molecule has 0 radical (unpaired) electrons. The number of rotatable bonds is 4. The van der Waals surface area contributed by atoms with Crippen molar-refractivity contribution in [1.82, 2.24) is 0 Å². The highest BCUT2D eigenvalue weighted by Crippen LogP contribution is 2.42. The van der Waals surface area contributed by atoms with E-state index >= 15 is 0 Å². The Morgan fingerprint density at radius 1 is 1.53 bits per heavy atom. The van der Waals surface area contributed by atoms with Crippen molar-refractivity contribution in [3.63, 3.8) is 0 Å². The second kappa shape index (κ2) is 5.05. The van der Waals surface area contributed by atoms with Gasteiger partial charge in [0, 0.05) is 19.6 Å². The Hall–Kier alpha value is -0.450. The quantitative estimate of drug-likeness (QED) is 0.514. The van der Waals surface area contributed by atoms with Crippen LogP contribution >= 0.6 is 0 Å². The largest absolute Gasteiger partial charge is 0.381 e. The summed E-state index contributed by atoms with van der Waals surface area (Å²) in [7, 11) is 1.60. The van der Waals surface area contributed by atoms with E-state index in [2.05, 4.69) is 0 Å². The lowest BCUT2D eigenvalue weighted by Gasteiger charge is -2.27. The first-order valence-corrected chi connectivity index (χ1v) is 5.50. The molecule has 0 amide bonds. The smallest absolute Gasteiger partial charge is 0.146 e. The van der Waals surface area contributed by atoms with Crippen molar-refractivity contribution in [2.75, 3.05) is 27.1 Å². The van der Waals surface area contributed by atoms with Crippen molar-refractivity contribution >= 4 is 6.29 Å². The van der Waals surface area contributed by atoms with Gasteiger partial charge in [0.05, 0.1) is 12.7 Å². The first-order valence-electron chi connectivity index (χ1n) is 5.50. The molecule has 2 aliphatic rings. The molecule has 86 valence electrons. The van der Waals surface area contributed by atoms with Gasteiger partial charge >= 0.3 is 0 Å². The van der Waals surface area contributed by atoms with Gasteiger partial charge in [-0.3, -0.25) is 0 Å². The molecule has 0 aromatic heterocycles. The summed E-state index contributed by atoms with van der Waals surface area (Å²) in [6, 6.07) is 0. The average molecular weight is 214 g/mol. The Morgan fingerprint density at radius 2 is 2.40 bits per heavy atom. The maximum absolute atomic E-state index is 11.1. The summed E-state index contributed by atoms with van der Waals surface area (Å²) < 4.78 is 15.8. The molecule has 0 bridgehead atoms. The standard InChI is InChI=1S/C11H18O4/c1-13-7-15-11-4-8-2-3-14-6-10(8)9(11)5-12/h5,8-11H,2-4,6-7H2,1H3/t8-,9+,10-,11?/m1/s1. The van der Waals surface area contributed by atoms with E-state index in [4.69, 9.17) is 14.2 Å². The molecule has 0 spiro atoms. The molecule has 4 heteroatoms. The van der Waals surface area contributed by atoms with Crippen molar-refractivity contribution in [3.05, 3.63) is 0 Å². The predicted octanol–water partition coefficient (Wildman–Crippen LogP) is 0.847. The van der Waals surface area contributed by atoms with E-state index < -0.39 is 0 Å². The Bertz CT molecular complexity index is 219. The fourth-order valence-electron chi connectivity index (χ4n) is 2.78. The SMILES string of the molecule is COCOC1C[C@H]2CCOC[C@H]2[C@@H]1C=O. The minimum Gasteiger partial charge on any atom is -0.381 e. The maximum Gasteiger partial charge on any atom is 0.146 e. The fraction of sp³-hybridized carbons (Fsp3) is 0.909. The zero-order chi connectivity index (χ0) is 10.7. The lowest BCUT2D eigenvalue weighted by molar-refractivity contribution is -0.124. The third kappa shape index (κ3) is 2.22. The van der Waals surface area contributed by atoms with Crippen LogP contribution in [-0.4, -0.2) is 39.5 Å². The number of hydrogen-bond acceptors (Lipinski definition) is 4. The summed E-state index contributed by atoms with van der Waals surface area (Å²) in [5.74, 6) is 0.944. The van der Waals surface area contributed by atoms with Crippen LogP contribution in [0.15, 0.2) is 0 Å². The molecule has 0 N–H and O–H groups in total. The summed E-state index contributed by atoms with van der Waals surface area (Å²) in [6.07, 6.45) is 3.08. The van der Waals surface area contributed by atoms with E-state index in [1.807, 2.05) is 0 Å². The van der Waals surface area contributed by atoms with Gasteiger partial charge in [-0.2, -0.15) is 0 Å². The third-order valence-electron chi connectivity index (χ3n) is 3.56. The van der Waals surface area contributed by atoms with Crippen LogP contribution in [0.2, 0.25) is 0 Å². The normalized spacial score (nSPS) is 40.1. The van der Waals surface area contributed by atoms with Crippen molar-refractivity contribution < 1.29 is 19.0 Å². The molecule has 1 heterocycles. The summed E-state index contributed by atoms with van der Waals surface area (Å²) in [5, 5.41) is 0. The zero-order valence-corrected chi connectivity index (χ0v) is 9.06. The van der Waals surface area contributed by atoms with E-state index in [-0.39, 0.29) is 18.8 Å². The Balaban J connectivity index is 1.97. The highest BCUT2D eigenvalue weighted by atomic mass is 16.7. The molecule has 0 aromatic carbocycles. The van der Waals surface area contributed by atoms with Gasteiger partial charge in [0.2, 0.25) is 0 Å². The van der Waals surface area contributed by atoms with Crippen LogP contribution in [0.5, 0.6) is 0 Å². The van der Waals surface area contributed by atoms with Crippen LogP contribution < -0.4 is 0 Å². The van der Waals surface area contributed by atoms with Gasteiger partial charge in [0.25, 0.3) is 0 Å². The summed E-state index contributed by atoms with van der Waals surface area (Å²) in [6.45, 7) is 1.81. The molecule has 4 atom stereocenters. The van der Waals surface area contributed by atoms with E-state index in [0.717, 1.165) is 25.7 Å². The Morgan fingerprint density at radius 3 is 3.13 bits per heavy atom. The first kappa shape index (κ1) is 11.0. The number of fused-ring (bicyclic) bond motifs is 1. The number of hydrogen-bond donors (Lipinski definition) is 0. The van der Waals surface area contributed by atoms with E-state index in [1.54, 1.807) is 7.11 Å². The number of carbonyl (C=O) groups is 1. The number of ether oxygens (including phenoxy) is 3. The minimum atomic E-state index is -0.00884. The zero-order valence-electron chi connectivity index (χ0n) is 9.06. The first-order chi connectivity index (χ1) is 7.36. The van der Waals surface area contributed by atoms with E-state index in [1.165, 1.54) is 0 Å². The molecule has 1 unspecified atom stereocenters. The second-order valence-corrected chi connectivity index (χ2v) is 4.35. The van der Waals surface area contributed by atoms with Crippen LogP contribution in [0.1, 0.15) is 12.8 Å². The van der Waals surface area contributed by atoms with Crippen molar-refractivity contribution in [2.45, 2.75) is 18.9 Å². The number of aldehydes is 1. The molecule has 2 fully saturated rings. The molecular weight excluding hydrogens is 196 g/mol. The van der Waals surface area contributed by atoms with Gasteiger partial charge in [-0.25, -0.2) is 0 Å². The van der Waals surface area contributed by atoms with Crippen LogP contribution in [0.25, 0.3) is 0 Å². The molecule has 15 heavy (non-hydrogen) atoms. The molecular formula is C11H18O4. The Labute approximate surface area is 89.9 Å². The summed E-state index contributed by atoms with van der Waals surface area (Å²) in [4.78, 5) is 11.1. The maximum atomic E-state index is 11.1. The molecule has 0 aromatic rings. The van der Waals surface area contributed by atoms with Gasteiger partial charge < -0.3 is 19.0 Å². The Kier molecular flexibility index (Phi) is 3.72. The highest BCUT2D eigenvalue weighted by Gasteiger charge is 2.45. The summed E-state index contributed by atoms with van der Waals surface area (Å²) >= 11 is 0. The average Bonchev–Trinajstić information content (AvgIpc) is 2.63. The molecule has 2 rings (SSSR count). The third-order valence-corrected chi connectivity index (χ3v) is 3.56. The molecule has 1 saturated heterocycles. The molecule has 1 aliphatic heterocycles. The van der Waals surface area contributed by atoms with E-state index in [9.17, 15) is 4.79 Å². The van der Waals surface area contributed by atoms with Crippen LogP contribution in [-0.2, 0) is 19.0 Å². The predicted molar refractivity (Wildman–Crippen MR) is 53.3 cm³/mol. The van der Waals surface area contributed by atoms with E-state index in [0.29, 0.717) is 18.4 Å². The summed E-state index contributed by atoms with van der Waals surface area (Å²) in [5.41, 5.74) is 0. The van der Waals surface area contributed by atoms with Crippen LogP contribution in [0.4, 0.5) is 0 Å². The molecule has 1 aliphatic carbocycles. The molecule has 1 saturated carbocycles. The monoisotopic (exact) mass is 214 g/mol. The minimum absolute atomic E-state index is 0.00884. The number of methoxy groups -OCH3 is 1.